The summed E-state index contributed by atoms with van der Waals surface area (Å²) in [6.07, 6.45) is 0.502. The van der Waals surface area contributed by atoms with Crippen LogP contribution in [0.5, 0.6) is 11.5 Å². The molecule has 0 radical (unpaired) electrons. The Labute approximate surface area is 214 Å². The summed E-state index contributed by atoms with van der Waals surface area (Å²) in [6.45, 7) is 5.25. The molecule has 0 amide bonds. The molecule has 194 valence electrons. The number of hydrogen-bond acceptors (Lipinski definition) is 10. The van der Waals surface area contributed by atoms with Crippen LogP contribution in [0, 0.1) is 0 Å². The predicted molar refractivity (Wildman–Crippen MR) is 137 cm³/mol. The van der Waals surface area contributed by atoms with Crippen molar-refractivity contribution in [2.24, 2.45) is 0 Å². The molecule has 1 saturated heterocycles. The van der Waals surface area contributed by atoms with Crippen LogP contribution in [0.2, 0.25) is 0 Å². The molecule has 2 aromatic carbocycles. The van der Waals surface area contributed by atoms with Crippen molar-refractivity contribution in [3.63, 3.8) is 0 Å². The van der Waals surface area contributed by atoms with Gasteiger partial charge in [-0.25, -0.2) is 23.0 Å². The lowest BCUT2D eigenvalue weighted by Crippen LogP contribution is -2.47. The Morgan fingerprint density at radius 2 is 1.68 bits per heavy atom. The molecule has 10 nitrogen and oxygen atoms in total. The zero-order chi connectivity index (χ0) is 26.2. The Morgan fingerprint density at radius 1 is 0.973 bits per heavy atom. The van der Waals surface area contributed by atoms with Gasteiger partial charge in [-0.3, -0.25) is 4.90 Å². The molecule has 0 bridgehead atoms. The Kier molecular flexibility index (Phi) is 6.84. The first-order valence-electron chi connectivity index (χ1n) is 12.1. The SMILES string of the molecule is CCCS(=O)(=O)c1ccc(-c2nc(N3CCN(CCO)CC3)c3cccc4c3c2OC(=O)C(=O)O4)cc1. The van der Waals surface area contributed by atoms with Gasteiger partial charge in [0.25, 0.3) is 0 Å². The van der Waals surface area contributed by atoms with Crippen molar-refractivity contribution in [2.45, 2.75) is 18.2 Å². The summed E-state index contributed by atoms with van der Waals surface area (Å²) in [4.78, 5) is 34.0. The number of hydrogen-bond donors (Lipinski definition) is 1. The number of pyridine rings is 1. The summed E-state index contributed by atoms with van der Waals surface area (Å²) in [6, 6.07) is 11.4. The third kappa shape index (κ3) is 4.77. The lowest BCUT2D eigenvalue weighted by molar-refractivity contribution is -0.155. The number of anilines is 1. The topological polar surface area (TPSA) is 126 Å². The molecule has 0 atom stereocenters. The van der Waals surface area contributed by atoms with E-state index >= 15 is 0 Å². The number of carbonyl (C=O) groups is 2. The fourth-order valence-electron chi connectivity index (χ4n) is 4.72. The number of benzene rings is 2. The van der Waals surface area contributed by atoms with E-state index in [0.29, 0.717) is 53.9 Å². The second-order valence-electron chi connectivity index (χ2n) is 8.97. The van der Waals surface area contributed by atoms with Gasteiger partial charge in [0.2, 0.25) is 0 Å². The Balaban J connectivity index is 1.67. The highest BCUT2D eigenvalue weighted by Gasteiger charge is 2.32. The molecule has 0 spiro atoms. The van der Waals surface area contributed by atoms with Gasteiger partial charge in [-0.2, -0.15) is 0 Å². The predicted octanol–water partition coefficient (Wildman–Crippen LogP) is 2.02. The van der Waals surface area contributed by atoms with Crippen molar-refractivity contribution in [3.05, 3.63) is 42.5 Å². The van der Waals surface area contributed by atoms with Crippen molar-refractivity contribution in [1.82, 2.24) is 9.88 Å². The van der Waals surface area contributed by atoms with Gasteiger partial charge in [-0.05, 0) is 24.6 Å². The number of piperazine rings is 1. The highest BCUT2D eigenvalue weighted by molar-refractivity contribution is 7.91. The molecule has 0 saturated carbocycles. The van der Waals surface area contributed by atoms with Crippen LogP contribution in [0.1, 0.15) is 13.3 Å². The number of aromatic nitrogens is 1. The number of carbonyl (C=O) groups excluding carboxylic acids is 2. The fourth-order valence-corrected chi connectivity index (χ4v) is 6.04. The van der Waals surface area contributed by atoms with Crippen LogP contribution in [-0.2, 0) is 19.4 Å². The summed E-state index contributed by atoms with van der Waals surface area (Å²) >= 11 is 0. The minimum absolute atomic E-state index is 0.0403. The van der Waals surface area contributed by atoms with E-state index in [2.05, 4.69) is 9.80 Å². The maximum Gasteiger partial charge on any atom is 0.423 e. The van der Waals surface area contributed by atoms with E-state index in [4.69, 9.17) is 14.5 Å². The first-order chi connectivity index (χ1) is 17.8. The van der Waals surface area contributed by atoms with E-state index in [9.17, 15) is 23.1 Å². The van der Waals surface area contributed by atoms with Gasteiger partial charge in [-0.1, -0.05) is 31.2 Å². The third-order valence-corrected chi connectivity index (χ3v) is 8.47. The zero-order valence-corrected chi connectivity index (χ0v) is 21.2. The summed E-state index contributed by atoms with van der Waals surface area (Å²) in [5.41, 5.74) is 0.836. The van der Waals surface area contributed by atoms with Gasteiger partial charge in [-0.15, -0.1) is 0 Å². The second kappa shape index (κ2) is 10.1. The lowest BCUT2D eigenvalue weighted by atomic mass is 10.0. The number of ether oxygens (including phenoxy) is 2. The van der Waals surface area contributed by atoms with Crippen molar-refractivity contribution in [2.75, 3.05) is 50.0 Å². The van der Waals surface area contributed by atoms with E-state index < -0.39 is 21.8 Å². The minimum Gasteiger partial charge on any atom is -0.417 e. The van der Waals surface area contributed by atoms with Gasteiger partial charge >= 0.3 is 11.9 Å². The van der Waals surface area contributed by atoms with Crippen molar-refractivity contribution < 1.29 is 32.6 Å². The molecular weight excluding hydrogens is 498 g/mol. The van der Waals surface area contributed by atoms with Crippen molar-refractivity contribution >= 4 is 38.4 Å². The number of β-amino-alcohol motifs (C(OH)–C–C–N with tert-alkyl or cyclic N) is 1. The number of nitrogens with zero attached hydrogens (tertiary/aromatic N) is 3. The lowest BCUT2D eigenvalue weighted by Gasteiger charge is -2.36. The Morgan fingerprint density at radius 3 is 2.35 bits per heavy atom. The van der Waals surface area contributed by atoms with E-state index in [1.54, 1.807) is 31.2 Å². The van der Waals surface area contributed by atoms with Crippen molar-refractivity contribution in [1.29, 1.82) is 0 Å². The molecule has 11 heteroatoms. The highest BCUT2D eigenvalue weighted by Crippen LogP contribution is 2.45. The normalized spacial score (nSPS) is 16.4. The molecule has 1 N–H and O–H groups in total. The summed E-state index contributed by atoms with van der Waals surface area (Å²) in [7, 11) is -3.41. The van der Waals surface area contributed by atoms with E-state index in [0.717, 1.165) is 13.1 Å². The maximum absolute atomic E-state index is 12.5. The van der Waals surface area contributed by atoms with Gasteiger partial charge in [0.15, 0.2) is 15.6 Å². The van der Waals surface area contributed by atoms with Crippen LogP contribution >= 0.6 is 0 Å². The van der Waals surface area contributed by atoms with Crippen LogP contribution in [0.3, 0.4) is 0 Å². The zero-order valence-electron chi connectivity index (χ0n) is 20.3. The molecule has 5 rings (SSSR count). The smallest absolute Gasteiger partial charge is 0.417 e. The molecule has 37 heavy (non-hydrogen) atoms. The minimum atomic E-state index is -3.41. The van der Waals surface area contributed by atoms with Crippen molar-refractivity contribution in [3.8, 4) is 22.8 Å². The Bertz CT molecular complexity index is 1460. The van der Waals surface area contributed by atoms with Gasteiger partial charge < -0.3 is 19.5 Å². The van der Waals surface area contributed by atoms with E-state index in [1.807, 2.05) is 6.07 Å². The number of aliphatic hydroxyl groups is 1. The van der Waals surface area contributed by atoms with Crippen LogP contribution in [-0.4, -0.2) is 80.4 Å². The molecular formula is C26H27N3O7S. The first kappa shape index (κ1) is 25.1. The van der Waals surface area contributed by atoms with Crippen LogP contribution in [0.25, 0.3) is 22.0 Å². The van der Waals surface area contributed by atoms with E-state index in [-0.39, 0.29) is 28.8 Å². The van der Waals surface area contributed by atoms with Gasteiger partial charge in [0, 0.05) is 43.7 Å². The molecule has 2 aliphatic rings. The molecule has 0 aliphatic carbocycles. The van der Waals surface area contributed by atoms with E-state index in [1.165, 1.54) is 12.1 Å². The maximum atomic E-state index is 12.5. The average Bonchev–Trinajstić information content (AvgIpc) is 3.02. The van der Waals surface area contributed by atoms with Crippen LogP contribution < -0.4 is 14.4 Å². The number of rotatable bonds is 7. The standard InChI is InChI=1S/C26H27N3O7S/c1-2-16-37(33,34)18-8-6-17(7-9-18)22-23-21-19(4-3-5-20(21)35-25(31)26(32)36-23)24(27-22)29-12-10-28(11-13-29)14-15-30/h3-9,30H,2,10-16H2,1H3. The van der Waals surface area contributed by atoms with Crippen LogP contribution in [0.4, 0.5) is 5.82 Å². The van der Waals surface area contributed by atoms with Gasteiger partial charge in [0.05, 0.1) is 22.6 Å². The molecule has 0 unspecified atom stereocenters. The summed E-state index contributed by atoms with van der Waals surface area (Å²) < 4.78 is 35.9. The van der Waals surface area contributed by atoms with Crippen LogP contribution in [0.15, 0.2) is 47.4 Å². The summed E-state index contributed by atoms with van der Waals surface area (Å²) in [5.74, 6) is -1.33. The number of sulfone groups is 1. The van der Waals surface area contributed by atoms with Gasteiger partial charge in [0.1, 0.15) is 17.3 Å². The quantitative estimate of drug-likeness (QED) is 0.278. The monoisotopic (exact) mass is 525 g/mol. The fraction of sp³-hybridized carbons (Fsp3) is 0.346. The molecule has 2 aliphatic heterocycles. The summed E-state index contributed by atoms with van der Waals surface area (Å²) in [5, 5.41) is 10.4. The average molecular weight is 526 g/mol. The Hall–Kier alpha value is -3.54. The molecule has 1 aromatic heterocycles. The second-order valence-corrected chi connectivity index (χ2v) is 11.1. The number of aliphatic hydroxyl groups excluding tert-OH is 1. The molecule has 3 aromatic rings. The number of esters is 2. The highest BCUT2D eigenvalue weighted by atomic mass is 32.2. The molecule has 1 fully saturated rings. The third-order valence-electron chi connectivity index (χ3n) is 6.54. The molecule has 3 heterocycles. The first-order valence-corrected chi connectivity index (χ1v) is 13.8. The largest absolute Gasteiger partial charge is 0.423 e.